The molecule has 0 saturated heterocycles. The first-order valence-corrected chi connectivity index (χ1v) is 7.36. The lowest BCUT2D eigenvalue weighted by Gasteiger charge is -2.11. The zero-order chi connectivity index (χ0) is 15.9. The summed E-state index contributed by atoms with van der Waals surface area (Å²) in [4.78, 5) is 15.6. The third-order valence-electron chi connectivity index (χ3n) is 2.87. The minimum Gasteiger partial charge on any atom is -0.491 e. The highest BCUT2D eigenvalue weighted by Crippen LogP contribution is 2.20. The number of ether oxygens (including phenoxy) is 1. The lowest BCUT2D eigenvalue weighted by atomic mass is 10.3. The van der Waals surface area contributed by atoms with E-state index in [9.17, 15) is 4.79 Å². The second-order valence-electron chi connectivity index (χ2n) is 5.15. The van der Waals surface area contributed by atoms with Crippen LogP contribution in [0.2, 0.25) is 0 Å². The molecule has 5 heteroatoms. The van der Waals surface area contributed by atoms with Gasteiger partial charge in [0, 0.05) is 12.1 Å². The smallest absolute Gasteiger partial charge is 0.224 e. The number of nitrogens with zero attached hydrogens (tertiary/aromatic N) is 1. The van der Waals surface area contributed by atoms with Gasteiger partial charge < -0.3 is 15.4 Å². The van der Waals surface area contributed by atoms with Crippen LogP contribution in [0.15, 0.2) is 42.6 Å². The summed E-state index contributed by atoms with van der Waals surface area (Å²) in [5.41, 5.74) is 1.62. The Kier molecular flexibility index (Phi) is 5.36. The van der Waals surface area contributed by atoms with Gasteiger partial charge >= 0.3 is 0 Å². The molecule has 22 heavy (non-hydrogen) atoms. The first-order chi connectivity index (χ1) is 10.6. The van der Waals surface area contributed by atoms with E-state index in [4.69, 9.17) is 4.74 Å². The Morgan fingerprint density at radius 2 is 1.82 bits per heavy atom. The van der Waals surface area contributed by atoms with Crippen molar-refractivity contribution in [3.8, 4) is 5.75 Å². The monoisotopic (exact) mass is 299 g/mol. The Morgan fingerprint density at radius 1 is 1.14 bits per heavy atom. The van der Waals surface area contributed by atoms with E-state index >= 15 is 0 Å². The van der Waals surface area contributed by atoms with Crippen LogP contribution < -0.4 is 15.4 Å². The molecule has 0 bridgehead atoms. The highest BCUT2D eigenvalue weighted by molar-refractivity contribution is 5.90. The van der Waals surface area contributed by atoms with Crippen molar-refractivity contribution < 1.29 is 9.53 Å². The number of nitrogens with one attached hydrogen (secondary N) is 2. The van der Waals surface area contributed by atoms with Crippen LogP contribution in [0.3, 0.4) is 0 Å². The Bertz CT molecular complexity index is 607. The van der Waals surface area contributed by atoms with Gasteiger partial charge in [0.15, 0.2) is 0 Å². The zero-order valence-corrected chi connectivity index (χ0v) is 13.1. The van der Waals surface area contributed by atoms with E-state index in [1.54, 1.807) is 6.20 Å². The molecule has 5 nitrogen and oxygen atoms in total. The lowest BCUT2D eigenvalue weighted by molar-refractivity contribution is -0.115. The number of hydrogen-bond donors (Lipinski definition) is 2. The van der Waals surface area contributed by atoms with Crippen LogP contribution in [0.25, 0.3) is 0 Å². The number of carbonyl (C=O) groups is 1. The maximum atomic E-state index is 11.3. The summed E-state index contributed by atoms with van der Waals surface area (Å²) in [5.74, 6) is 1.53. The van der Waals surface area contributed by atoms with Crippen molar-refractivity contribution in [3.05, 3.63) is 42.6 Å². The molecule has 0 spiro atoms. The van der Waals surface area contributed by atoms with Crippen LogP contribution in [0.4, 0.5) is 17.2 Å². The van der Waals surface area contributed by atoms with Crippen LogP contribution in [0.5, 0.6) is 5.75 Å². The number of anilines is 3. The van der Waals surface area contributed by atoms with Gasteiger partial charge in [-0.25, -0.2) is 4.98 Å². The predicted molar refractivity (Wildman–Crippen MR) is 88.6 cm³/mol. The molecule has 0 fully saturated rings. The average Bonchev–Trinajstić information content (AvgIpc) is 2.50. The molecule has 0 saturated carbocycles. The minimum absolute atomic E-state index is 0.0248. The van der Waals surface area contributed by atoms with E-state index in [2.05, 4.69) is 15.6 Å². The number of hydrogen-bond acceptors (Lipinski definition) is 4. The summed E-state index contributed by atoms with van der Waals surface area (Å²) in [6.45, 7) is 5.80. The molecule has 0 aliphatic carbocycles. The Labute approximate surface area is 130 Å². The van der Waals surface area contributed by atoms with Gasteiger partial charge in [-0.05, 0) is 50.2 Å². The van der Waals surface area contributed by atoms with Gasteiger partial charge in [0.05, 0.1) is 18.0 Å². The maximum absolute atomic E-state index is 11.3. The van der Waals surface area contributed by atoms with Crippen LogP contribution in [-0.4, -0.2) is 17.0 Å². The number of benzene rings is 1. The normalized spacial score (nSPS) is 10.4. The minimum atomic E-state index is -0.0248. The number of carbonyl (C=O) groups excluding carboxylic acids is 1. The van der Waals surface area contributed by atoms with Gasteiger partial charge in [-0.3, -0.25) is 4.79 Å². The standard InChI is InChI=1S/C17H21N3O2/c1-4-17(21)20-14-7-10-16(18-11-14)19-13-5-8-15(9-6-13)22-12(2)3/h5-12H,4H2,1-3H3,(H,18,19)(H,20,21). The second kappa shape index (κ2) is 7.45. The number of pyridine rings is 1. The Balaban J connectivity index is 1.97. The Hall–Kier alpha value is -2.56. The summed E-state index contributed by atoms with van der Waals surface area (Å²) in [6, 6.07) is 11.3. The quantitative estimate of drug-likeness (QED) is 0.847. The van der Waals surface area contributed by atoms with Gasteiger partial charge in [-0.15, -0.1) is 0 Å². The number of rotatable bonds is 6. The van der Waals surface area contributed by atoms with Gasteiger partial charge in [0.25, 0.3) is 0 Å². The largest absolute Gasteiger partial charge is 0.491 e. The van der Waals surface area contributed by atoms with Crippen molar-refractivity contribution in [2.24, 2.45) is 0 Å². The van der Waals surface area contributed by atoms with Crippen molar-refractivity contribution in [2.75, 3.05) is 10.6 Å². The highest BCUT2D eigenvalue weighted by Gasteiger charge is 2.01. The fourth-order valence-corrected chi connectivity index (χ4v) is 1.83. The predicted octanol–water partition coefficient (Wildman–Crippen LogP) is 3.96. The number of amides is 1. The fraction of sp³-hybridized carbons (Fsp3) is 0.294. The lowest BCUT2D eigenvalue weighted by Crippen LogP contribution is -2.09. The first kappa shape index (κ1) is 15.8. The van der Waals surface area contributed by atoms with Crippen LogP contribution in [0.1, 0.15) is 27.2 Å². The molecule has 0 radical (unpaired) electrons. The van der Waals surface area contributed by atoms with Gasteiger partial charge in [-0.2, -0.15) is 0 Å². The molecule has 2 rings (SSSR count). The molecule has 1 aromatic carbocycles. The second-order valence-corrected chi connectivity index (χ2v) is 5.15. The summed E-state index contributed by atoms with van der Waals surface area (Å²) >= 11 is 0. The van der Waals surface area contributed by atoms with Crippen molar-refractivity contribution in [1.82, 2.24) is 4.98 Å². The molecule has 116 valence electrons. The molecule has 1 amide bonds. The van der Waals surface area contributed by atoms with E-state index in [1.165, 1.54) is 0 Å². The number of aromatic nitrogens is 1. The third-order valence-corrected chi connectivity index (χ3v) is 2.87. The SMILES string of the molecule is CCC(=O)Nc1ccc(Nc2ccc(OC(C)C)cc2)nc1. The van der Waals surface area contributed by atoms with E-state index in [-0.39, 0.29) is 12.0 Å². The Morgan fingerprint density at radius 3 is 2.36 bits per heavy atom. The molecule has 2 aromatic rings. The van der Waals surface area contributed by atoms with E-state index in [0.717, 1.165) is 11.4 Å². The zero-order valence-electron chi connectivity index (χ0n) is 13.1. The maximum Gasteiger partial charge on any atom is 0.224 e. The van der Waals surface area contributed by atoms with E-state index < -0.39 is 0 Å². The van der Waals surface area contributed by atoms with Crippen LogP contribution >= 0.6 is 0 Å². The first-order valence-electron chi connectivity index (χ1n) is 7.36. The molecule has 0 unspecified atom stereocenters. The third kappa shape index (κ3) is 4.77. The molecule has 1 aromatic heterocycles. The summed E-state index contributed by atoms with van der Waals surface area (Å²) in [5, 5.41) is 5.96. The van der Waals surface area contributed by atoms with Gasteiger partial charge in [0.1, 0.15) is 11.6 Å². The van der Waals surface area contributed by atoms with E-state index in [1.807, 2.05) is 57.2 Å². The molecule has 0 aliphatic rings. The summed E-state index contributed by atoms with van der Waals surface area (Å²) in [6.07, 6.45) is 2.24. The van der Waals surface area contributed by atoms with Crippen LogP contribution in [0, 0.1) is 0 Å². The summed E-state index contributed by atoms with van der Waals surface area (Å²) < 4.78 is 5.60. The van der Waals surface area contributed by atoms with Crippen molar-refractivity contribution >= 4 is 23.1 Å². The van der Waals surface area contributed by atoms with Crippen molar-refractivity contribution in [1.29, 1.82) is 0 Å². The average molecular weight is 299 g/mol. The van der Waals surface area contributed by atoms with Gasteiger partial charge in [0.2, 0.25) is 5.91 Å². The van der Waals surface area contributed by atoms with Crippen molar-refractivity contribution in [3.63, 3.8) is 0 Å². The summed E-state index contributed by atoms with van der Waals surface area (Å²) in [7, 11) is 0. The fourth-order valence-electron chi connectivity index (χ4n) is 1.83. The van der Waals surface area contributed by atoms with Crippen LogP contribution in [-0.2, 0) is 4.79 Å². The topological polar surface area (TPSA) is 63.2 Å². The molecule has 0 atom stereocenters. The van der Waals surface area contributed by atoms with Gasteiger partial charge in [-0.1, -0.05) is 6.92 Å². The highest BCUT2D eigenvalue weighted by atomic mass is 16.5. The van der Waals surface area contributed by atoms with E-state index in [0.29, 0.717) is 17.9 Å². The molecule has 1 heterocycles. The molecule has 2 N–H and O–H groups in total. The molecule has 0 aliphatic heterocycles. The van der Waals surface area contributed by atoms with Crippen molar-refractivity contribution in [2.45, 2.75) is 33.3 Å². The molecular weight excluding hydrogens is 278 g/mol. The molecular formula is C17H21N3O2.